The van der Waals surface area contributed by atoms with Gasteiger partial charge in [-0.1, -0.05) is 12.1 Å². The monoisotopic (exact) mass is 423 g/mol. The molecule has 4 rings (SSSR count). The molecule has 0 radical (unpaired) electrons. The topological polar surface area (TPSA) is 80.8 Å². The third-order valence-electron chi connectivity index (χ3n) is 5.85. The fraction of sp³-hybridized carbons (Fsp3) is 0.458. The zero-order valence-corrected chi connectivity index (χ0v) is 18.5. The first-order chi connectivity index (χ1) is 14.7. The molecule has 3 heterocycles. The van der Waals surface area contributed by atoms with Crippen molar-refractivity contribution in [2.24, 2.45) is 0 Å². The summed E-state index contributed by atoms with van der Waals surface area (Å²) in [5, 5.41) is 3.07. The van der Waals surface area contributed by atoms with Crippen LogP contribution in [0.3, 0.4) is 0 Å². The molecule has 164 valence electrons. The van der Waals surface area contributed by atoms with Crippen molar-refractivity contribution in [3.8, 4) is 17.0 Å². The second kappa shape index (κ2) is 7.87. The van der Waals surface area contributed by atoms with Crippen molar-refractivity contribution in [3.63, 3.8) is 0 Å². The third kappa shape index (κ3) is 3.96. The van der Waals surface area contributed by atoms with Crippen molar-refractivity contribution in [1.29, 1.82) is 0 Å². The number of ether oxygens (including phenoxy) is 2. The molecule has 1 N–H and O–H groups in total. The first kappa shape index (κ1) is 21.2. The molecule has 2 amide bonds. The van der Waals surface area contributed by atoms with Crippen LogP contribution in [-0.4, -0.2) is 47.2 Å². The number of fused-ring (bicyclic) bond motifs is 2. The van der Waals surface area contributed by atoms with E-state index in [9.17, 15) is 9.59 Å². The first-order valence-corrected chi connectivity index (χ1v) is 10.8. The van der Waals surface area contributed by atoms with Gasteiger partial charge in [0.25, 0.3) is 0 Å². The molecule has 1 spiro atoms. The van der Waals surface area contributed by atoms with E-state index < -0.39 is 11.0 Å². The highest BCUT2D eigenvalue weighted by Gasteiger charge is 2.49. The van der Waals surface area contributed by atoms with E-state index in [1.54, 1.807) is 11.1 Å². The van der Waals surface area contributed by atoms with E-state index in [0.29, 0.717) is 38.4 Å². The van der Waals surface area contributed by atoms with Gasteiger partial charge in [-0.05, 0) is 69.9 Å². The largest absolute Gasteiger partial charge is 0.478 e. The van der Waals surface area contributed by atoms with Crippen LogP contribution >= 0.6 is 0 Å². The second-order valence-corrected chi connectivity index (χ2v) is 9.05. The van der Waals surface area contributed by atoms with Gasteiger partial charge < -0.3 is 19.7 Å². The van der Waals surface area contributed by atoms with Gasteiger partial charge in [0, 0.05) is 30.5 Å². The molecule has 0 saturated carbocycles. The van der Waals surface area contributed by atoms with Gasteiger partial charge in [0.1, 0.15) is 5.60 Å². The number of benzene rings is 1. The predicted octanol–water partition coefficient (Wildman–Crippen LogP) is 4.37. The summed E-state index contributed by atoms with van der Waals surface area (Å²) in [4.78, 5) is 31.5. The molecule has 0 unspecified atom stereocenters. The van der Waals surface area contributed by atoms with Crippen molar-refractivity contribution in [3.05, 3.63) is 42.1 Å². The maximum atomic E-state index is 13.0. The first-order valence-electron chi connectivity index (χ1n) is 10.8. The number of amides is 2. The number of likely N-dealkylation sites (tertiary alicyclic amines) is 1. The summed E-state index contributed by atoms with van der Waals surface area (Å²) in [6, 6.07) is 9.86. The van der Waals surface area contributed by atoms with E-state index in [0.717, 1.165) is 22.4 Å². The number of carbonyl (C=O) groups excluding carboxylic acids is 2. The van der Waals surface area contributed by atoms with Crippen LogP contribution < -0.4 is 10.1 Å². The van der Waals surface area contributed by atoms with Crippen LogP contribution in [-0.2, 0) is 14.9 Å². The minimum absolute atomic E-state index is 0.000271. The van der Waals surface area contributed by atoms with E-state index in [-0.39, 0.29) is 12.0 Å². The Labute approximate surface area is 182 Å². The number of anilines is 1. The fourth-order valence-electron chi connectivity index (χ4n) is 4.35. The third-order valence-corrected chi connectivity index (χ3v) is 5.85. The second-order valence-electron chi connectivity index (χ2n) is 9.05. The van der Waals surface area contributed by atoms with Gasteiger partial charge in [-0.3, -0.25) is 4.79 Å². The van der Waals surface area contributed by atoms with Gasteiger partial charge >= 0.3 is 6.09 Å². The minimum atomic E-state index is -0.607. The molecule has 2 aliphatic heterocycles. The Morgan fingerprint density at radius 3 is 2.65 bits per heavy atom. The van der Waals surface area contributed by atoms with E-state index >= 15 is 0 Å². The van der Waals surface area contributed by atoms with Crippen LogP contribution in [0.4, 0.5) is 10.5 Å². The molecule has 7 nitrogen and oxygen atoms in total. The number of hydrogen-bond acceptors (Lipinski definition) is 5. The Bertz CT molecular complexity index is 1000. The van der Waals surface area contributed by atoms with Crippen molar-refractivity contribution in [2.45, 2.75) is 51.6 Å². The van der Waals surface area contributed by atoms with Crippen molar-refractivity contribution in [1.82, 2.24) is 9.88 Å². The highest BCUT2D eigenvalue weighted by molar-refractivity contribution is 6.07. The highest BCUT2D eigenvalue weighted by atomic mass is 16.6. The maximum absolute atomic E-state index is 13.0. The number of carbonyl (C=O) groups is 2. The number of rotatable bonds is 3. The lowest BCUT2D eigenvalue weighted by Crippen LogP contribution is -2.49. The Balaban J connectivity index is 1.57. The molecule has 0 bridgehead atoms. The summed E-state index contributed by atoms with van der Waals surface area (Å²) >= 11 is 0. The number of pyridine rings is 1. The Hall–Kier alpha value is -3.09. The smallest absolute Gasteiger partial charge is 0.410 e. The Morgan fingerprint density at radius 2 is 1.97 bits per heavy atom. The number of aromatic nitrogens is 1. The molecule has 2 aliphatic rings. The predicted molar refractivity (Wildman–Crippen MR) is 118 cm³/mol. The Kier molecular flexibility index (Phi) is 5.37. The molecule has 7 heteroatoms. The van der Waals surface area contributed by atoms with Crippen molar-refractivity contribution < 1.29 is 19.1 Å². The summed E-state index contributed by atoms with van der Waals surface area (Å²) in [5.74, 6) is 0.578. The van der Waals surface area contributed by atoms with Crippen LogP contribution in [0.1, 0.15) is 46.1 Å². The van der Waals surface area contributed by atoms with Gasteiger partial charge in [-0.15, -0.1) is 0 Å². The molecular formula is C24H29N3O4. The summed E-state index contributed by atoms with van der Waals surface area (Å²) in [6.07, 6.45) is 2.52. The lowest BCUT2D eigenvalue weighted by molar-refractivity contribution is -0.122. The summed E-state index contributed by atoms with van der Waals surface area (Å²) in [7, 11) is 0. The van der Waals surface area contributed by atoms with E-state index in [1.807, 2.05) is 58.0 Å². The molecule has 1 saturated heterocycles. The quantitative estimate of drug-likeness (QED) is 0.793. The van der Waals surface area contributed by atoms with Crippen molar-refractivity contribution >= 4 is 17.7 Å². The maximum Gasteiger partial charge on any atom is 0.410 e. The van der Waals surface area contributed by atoms with Crippen LogP contribution in [0, 0.1) is 0 Å². The lowest BCUT2D eigenvalue weighted by atomic mass is 9.73. The summed E-state index contributed by atoms with van der Waals surface area (Å²) in [5.41, 5.74) is 2.50. The highest BCUT2D eigenvalue weighted by Crippen LogP contribution is 2.46. The average molecular weight is 424 g/mol. The number of nitrogens with one attached hydrogen (secondary N) is 1. The number of hydrogen-bond donors (Lipinski definition) is 1. The summed E-state index contributed by atoms with van der Waals surface area (Å²) < 4.78 is 11.2. The number of nitrogens with zero attached hydrogens (tertiary/aromatic N) is 2. The minimum Gasteiger partial charge on any atom is -0.478 e. The summed E-state index contributed by atoms with van der Waals surface area (Å²) in [6.45, 7) is 8.99. The van der Waals surface area contributed by atoms with Gasteiger partial charge in [0.15, 0.2) is 0 Å². The van der Waals surface area contributed by atoms with E-state index in [1.165, 1.54) is 0 Å². The SMILES string of the molecule is CCOc1ncccc1-c1ccc2c(c1)NC(=O)C21CCN(C(=O)OC(C)(C)C)CC1. The average Bonchev–Trinajstić information content (AvgIpc) is 2.98. The van der Waals surface area contributed by atoms with Crippen LogP contribution in [0.5, 0.6) is 5.88 Å². The Morgan fingerprint density at radius 1 is 1.23 bits per heavy atom. The molecule has 0 aliphatic carbocycles. The standard InChI is InChI=1S/C24H29N3O4/c1-5-30-20-17(7-6-12-25-20)16-8-9-18-19(15-16)26-21(28)24(18)10-13-27(14-11-24)22(29)31-23(2,3)4/h6-9,12,15H,5,10-11,13-14H2,1-4H3,(H,26,28). The molecule has 31 heavy (non-hydrogen) atoms. The molecular weight excluding hydrogens is 394 g/mol. The van der Waals surface area contributed by atoms with Crippen LogP contribution in [0.25, 0.3) is 11.1 Å². The fourth-order valence-corrected chi connectivity index (χ4v) is 4.35. The van der Waals surface area contributed by atoms with Gasteiger partial charge in [-0.25, -0.2) is 9.78 Å². The molecule has 0 atom stereocenters. The van der Waals surface area contributed by atoms with Crippen LogP contribution in [0.2, 0.25) is 0 Å². The zero-order chi connectivity index (χ0) is 22.2. The molecule has 1 fully saturated rings. The molecule has 1 aromatic carbocycles. The van der Waals surface area contributed by atoms with E-state index in [4.69, 9.17) is 9.47 Å². The van der Waals surface area contributed by atoms with Crippen LogP contribution in [0.15, 0.2) is 36.5 Å². The molecule has 1 aromatic heterocycles. The van der Waals surface area contributed by atoms with Crippen molar-refractivity contribution in [2.75, 3.05) is 25.0 Å². The van der Waals surface area contributed by atoms with E-state index in [2.05, 4.69) is 10.3 Å². The lowest BCUT2D eigenvalue weighted by Gasteiger charge is -2.38. The number of piperidine rings is 1. The normalized spacial score (nSPS) is 17.3. The van der Waals surface area contributed by atoms with Gasteiger partial charge in [0.05, 0.1) is 12.0 Å². The molecule has 2 aromatic rings. The van der Waals surface area contributed by atoms with Gasteiger partial charge in [-0.2, -0.15) is 0 Å². The zero-order valence-electron chi connectivity index (χ0n) is 18.5. The van der Waals surface area contributed by atoms with Gasteiger partial charge in [0.2, 0.25) is 11.8 Å².